The minimum Gasteiger partial charge on any atom is -0.449 e. The van der Waals surface area contributed by atoms with Gasteiger partial charge in [-0.1, -0.05) is 18.2 Å². The SMILES string of the molecule is Cc1nc2ccccc2c(C)c1C(=O)O[C@@H](C)C(=O)NC1CC1. The number of aromatic nitrogens is 1. The van der Waals surface area contributed by atoms with E-state index in [1.807, 2.05) is 31.2 Å². The first-order valence-electron chi connectivity index (χ1n) is 7.84. The summed E-state index contributed by atoms with van der Waals surface area (Å²) in [4.78, 5) is 28.9. The molecule has 1 heterocycles. The number of esters is 1. The van der Waals surface area contributed by atoms with Crippen LogP contribution in [0.4, 0.5) is 0 Å². The number of ether oxygens (including phenoxy) is 1. The van der Waals surface area contributed by atoms with Crippen molar-refractivity contribution in [2.45, 2.75) is 45.8 Å². The van der Waals surface area contributed by atoms with Crippen LogP contribution < -0.4 is 5.32 Å². The van der Waals surface area contributed by atoms with Crippen LogP contribution in [0.5, 0.6) is 0 Å². The van der Waals surface area contributed by atoms with E-state index in [-0.39, 0.29) is 11.9 Å². The highest BCUT2D eigenvalue weighted by molar-refractivity contribution is 5.99. The number of aryl methyl sites for hydroxylation is 2. The third kappa shape index (κ3) is 3.18. The smallest absolute Gasteiger partial charge is 0.341 e. The molecule has 1 saturated carbocycles. The zero-order valence-corrected chi connectivity index (χ0v) is 13.6. The van der Waals surface area contributed by atoms with Gasteiger partial charge in [0.1, 0.15) is 0 Å². The zero-order chi connectivity index (χ0) is 16.6. The van der Waals surface area contributed by atoms with Crippen molar-refractivity contribution in [1.29, 1.82) is 0 Å². The maximum atomic E-state index is 12.5. The van der Waals surface area contributed by atoms with Gasteiger partial charge < -0.3 is 10.1 Å². The Labute approximate surface area is 135 Å². The molecule has 0 saturated heterocycles. The second-order valence-electron chi connectivity index (χ2n) is 6.04. The predicted molar refractivity (Wildman–Crippen MR) is 87.3 cm³/mol. The summed E-state index contributed by atoms with van der Waals surface area (Å²) in [6.45, 7) is 5.25. The van der Waals surface area contributed by atoms with Crippen LogP contribution in [0.2, 0.25) is 0 Å². The van der Waals surface area contributed by atoms with Crippen LogP contribution >= 0.6 is 0 Å². The molecule has 5 heteroatoms. The molecule has 5 nitrogen and oxygen atoms in total. The first-order chi connectivity index (χ1) is 11.0. The molecule has 1 aromatic heterocycles. The van der Waals surface area contributed by atoms with Crippen molar-refractivity contribution in [3.8, 4) is 0 Å². The average Bonchev–Trinajstić information content (AvgIpc) is 3.31. The third-order valence-electron chi connectivity index (χ3n) is 4.11. The van der Waals surface area contributed by atoms with Crippen molar-refractivity contribution in [1.82, 2.24) is 10.3 Å². The van der Waals surface area contributed by atoms with Gasteiger partial charge >= 0.3 is 5.97 Å². The summed E-state index contributed by atoms with van der Waals surface area (Å²) in [5.74, 6) is -0.749. The molecule has 23 heavy (non-hydrogen) atoms. The molecule has 1 fully saturated rings. The molecule has 0 spiro atoms. The fraction of sp³-hybridized carbons (Fsp3) is 0.389. The molecule has 120 valence electrons. The molecule has 1 amide bonds. The van der Waals surface area contributed by atoms with Gasteiger partial charge in [-0.2, -0.15) is 0 Å². The van der Waals surface area contributed by atoms with Gasteiger partial charge in [-0.15, -0.1) is 0 Å². The lowest BCUT2D eigenvalue weighted by atomic mass is 10.0. The summed E-state index contributed by atoms with van der Waals surface area (Å²) in [5.41, 5.74) is 2.72. The normalized spacial score (nSPS) is 15.3. The zero-order valence-electron chi connectivity index (χ0n) is 13.6. The quantitative estimate of drug-likeness (QED) is 0.881. The molecule has 0 bridgehead atoms. The van der Waals surface area contributed by atoms with Gasteiger partial charge in [-0.05, 0) is 45.2 Å². The topological polar surface area (TPSA) is 68.3 Å². The highest BCUT2D eigenvalue weighted by Gasteiger charge is 2.28. The number of carbonyl (C=O) groups is 2. The van der Waals surface area contributed by atoms with E-state index < -0.39 is 12.1 Å². The second-order valence-corrected chi connectivity index (χ2v) is 6.04. The van der Waals surface area contributed by atoms with Crippen LogP contribution in [-0.4, -0.2) is 29.0 Å². The summed E-state index contributed by atoms with van der Waals surface area (Å²) in [5, 5.41) is 3.75. The molecule has 1 aliphatic carbocycles. The molecule has 1 aliphatic rings. The van der Waals surface area contributed by atoms with Crippen molar-refractivity contribution in [3.05, 3.63) is 41.1 Å². The summed E-state index contributed by atoms with van der Waals surface area (Å²) < 4.78 is 5.35. The Hall–Kier alpha value is -2.43. The van der Waals surface area contributed by atoms with E-state index in [1.54, 1.807) is 13.8 Å². The van der Waals surface area contributed by atoms with Gasteiger partial charge in [-0.25, -0.2) is 4.79 Å². The summed E-state index contributed by atoms with van der Waals surface area (Å²) in [7, 11) is 0. The highest BCUT2D eigenvalue weighted by Crippen LogP contribution is 2.24. The fourth-order valence-electron chi connectivity index (χ4n) is 2.65. The van der Waals surface area contributed by atoms with Crippen molar-refractivity contribution in [3.63, 3.8) is 0 Å². The van der Waals surface area contributed by atoms with E-state index in [0.717, 1.165) is 29.3 Å². The van der Waals surface area contributed by atoms with E-state index in [0.29, 0.717) is 11.3 Å². The number of rotatable bonds is 4. The molecular weight excluding hydrogens is 292 g/mol. The van der Waals surface area contributed by atoms with Crippen molar-refractivity contribution >= 4 is 22.8 Å². The van der Waals surface area contributed by atoms with Gasteiger partial charge in [0.25, 0.3) is 5.91 Å². The average molecular weight is 312 g/mol. The van der Waals surface area contributed by atoms with E-state index in [4.69, 9.17) is 4.74 Å². The maximum Gasteiger partial charge on any atom is 0.341 e. The van der Waals surface area contributed by atoms with Gasteiger partial charge in [-0.3, -0.25) is 9.78 Å². The minimum atomic E-state index is -0.812. The van der Waals surface area contributed by atoms with Crippen LogP contribution in [0.15, 0.2) is 24.3 Å². The van der Waals surface area contributed by atoms with Crippen molar-refractivity contribution < 1.29 is 14.3 Å². The van der Waals surface area contributed by atoms with E-state index in [2.05, 4.69) is 10.3 Å². The van der Waals surface area contributed by atoms with Crippen LogP contribution in [0, 0.1) is 13.8 Å². The Kier molecular flexibility index (Phi) is 4.03. The molecule has 0 radical (unpaired) electrons. The van der Waals surface area contributed by atoms with Gasteiger partial charge in [0.05, 0.1) is 16.8 Å². The number of amides is 1. The van der Waals surface area contributed by atoms with E-state index in [1.165, 1.54) is 0 Å². The Balaban J connectivity index is 1.84. The lowest BCUT2D eigenvalue weighted by Gasteiger charge is -2.16. The number of hydrogen-bond acceptors (Lipinski definition) is 4. The van der Waals surface area contributed by atoms with Crippen LogP contribution in [0.1, 0.15) is 41.4 Å². The van der Waals surface area contributed by atoms with Gasteiger partial charge in [0.15, 0.2) is 6.10 Å². The number of benzene rings is 1. The first kappa shape index (κ1) is 15.5. The van der Waals surface area contributed by atoms with E-state index in [9.17, 15) is 9.59 Å². The Morgan fingerprint density at radius 2 is 1.96 bits per heavy atom. The Morgan fingerprint density at radius 3 is 2.65 bits per heavy atom. The number of nitrogens with one attached hydrogen (secondary N) is 1. The maximum absolute atomic E-state index is 12.5. The van der Waals surface area contributed by atoms with Crippen LogP contribution in [0.3, 0.4) is 0 Å². The highest BCUT2D eigenvalue weighted by atomic mass is 16.5. The lowest BCUT2D eigenvalue weighted by molar-refractivity contribution is -0.129. The number of hydrogen-bond donors (Lipinski definition) is 1. The standard InChI is InChI=1S/C18H20N2O3/c1-10-14-6-4-5-7-15(14)19-11(2)16(10)18(22)23-12(3)17(21)20-13-8-9-13/h4-7,12-13H,8-9H2,1-3H3,(H,20,21)/t12-/m0/s1. The third-order valence-corrected chi connectivity index (χ3v) is 4.11. The van der Waals surface area contributed by atoms with E-state index >= 15 is 0 Å². The molecule has 0 aliphatic heterocycles. The Bertz CT molecular complexity index is 781. The molecule has 1 aromatic carbocycles. The van der Waals surface area contributed by atoms with Crippen molar-refractivity contribution in [2.75, 3.05) is 0 Å². The van der Waals surface area contributed by atoms with Crippen LogP contribution in [-0.2, 0) is 9.53 Å². The van der Waals surface area contributed by atoms with Gasteiger partial charge in [0, 0.05) is 11.4 Å². The molecule has 1 N–H and O–H groups in total. The molecule has 2 aromatic rings. The molecule has 3 rings (SSSR count). The summed E-state index contributed by atoms with van der Waals surface area (Å²) in [6.07, 6.45) is 1.19. The Morgan fingerprint density at radius 1 is 1.26 bits per heavy atom. The first-order valence-corrected chi connectivity index (χ1v) is 7.84. The second kappa shape index (κ2) is 5.99. The monoisotopic (exact) mass is 312 g/mol. The fourth-order valence-corrected chi connectivity index (χ4v) is 2.65. The van der Waals surface area contributed by atoms with Crippen LogP contribution in [0.25, 0.3) is 10.9 Å². The number of fused-ring (bicyclic) bond motifs is 1. The van der Waals surface area contributed by atoms with Crippen molar-refractivity contribution in [2.24, 2.45) is 0 Å². The number of pyridine rings is 1. The predicted octanol–water partition coefficient (Wildman–Crippen LogP) is 2.68. The molecular formula is C18H20N2O3. The number of carbonyl (C=O) groups excluding carboxylic acids is 2. The minimum absolute atomic E-state index is 0.245. The lowest BCUT2D eigenvalue weighted by Crippen LogP contribution is -2.37. The largest absolute Gasteiger partial charge is 0.449 e. The molecule has 0 unspecified atom stereocenters. The summed E-state index contributed by atoms with van der Waals surface area (Å²) in [6, 6.07) is 7.91. The summed E-state index contributed by atoms with van der Waals surface area (Å²) >= 11 is 0. The molecule has 1 atom stereocenters. The number of para-hydroxylation sites is 1. The van der Waals surface area contributed by atoms with Gasteiger partial charge in [0.2, 0.25) is 0 Å². The number of nitrogens with zero attached hydrogens (tertiary/aromatic N) is 1.